The smallest absolute Gasteiger partial charge is 0.147 e. The zero-order chi connectivity index (χ0) is 18.7. The summed E-state index contributed by atoms with van der Waals surface area (Å²) in [6.45, 7) is 3.31. The molecule has 0 radical (unpaired) electrons. The highest BCUT2D eigenvalue weighted by Crippen LogP contribution is 2.37. The van der Waals surface area contributed by atoms with Gasteiger partial charge < -0.3 is 14.6 Å². The Kier molecular flexibility index (Phi) is 5.65. The lowest BCUT2D eigenvalue weighted by molar-refractivity contribution is 0.108. The summed E-state index contributed by atoms with van der Waals surface area (Å²) in [4.78, 5) is 0. The van der Waals surface area contributed by atoms with Gasteiger partial charge in [0.25, 0.3) is 0 Å². The summed E-state index contributed by atoms with van der Waals surface area (Å²) in [5, 5.41) is 9.61. The molecule has 6 heteroatoms. The van der Waals surface area contributed by atoms with Crippen LogP contribution in [0.3, 0.4) is 0 Å². The summed E-state index contributed by atoms with van der Waals surface area (Å²) in [5.41, 5.74) is 6.23. The lowest BCUT2D eigenvalue weighted by atomic mass is 9.90. The lowest BCUT2D eigenvalue weighted by Gasteiger charge is -2.16. The van der Waals surface area contributed by atoms with Gasteiger partial charge in [0.15, 0.2) is 0 Å². The van der Waals surface area contributed by atoms with Crippen molar-refractivity contribution in [1.82, 2.24) is 0 Å². The van der Waals surface area contributed by atoms with Gasteiger partial charge in [-0.25, -0.2) is 8.42 Å². The fourth-order valence-corrected chi connectivity index (χ4v) is 4.01. The van der Waals surface area contributed by atoms with E-state index in [2.05, 4.69) is 6.07 Å². The number of rotatable bonds is 6. The van der Waals surface area contributed by atoms with Crippen LogP contribution in [0.15, 0.2) is 30.3 Å². The van der Waals surface area contributed by atoms with Crippen LogP contribution >= 0.6 is 0 Å². The van der Waals surface area contributed by atoms with Crippen LogP contribution in [0.25, 0.3) is 11.1 Å². The molecule has 3 rings (SSSR count). The van der Waals surface area contributed by atoms with Crippen LogP contribution in [0.5, 0.6) is 5.75 Å². The Morgan fingerprint density at radius 3 is 2.77 bits per heavy atom. The predicted molar refractivity (Wildman–Crippen MR) is 101 cm³/mol. The monoisotopic (exact) mass is 376 g/mol. The van der Waals surface area contributed by atoms with Gasteiger partial charge in [0.05, 0.1) is 32.2 Å². The minimum absolute atomic E-state index is 0.0115. The fourth-order valence-electron chi connectivity index (χ4n) is 3.37. The Balaban J connectivity index is 1.88. The molecule has 0 aromatic heterocycles. The van der Waals surface area contributed by atoms with Gasteiger partial charge in [0.2, 0.25) is 0 Å². The van der Waals surface area contributed by atoms with Crippen molar-refractivity contribution < 1.29 is 23.0 Å². The Labute approximate surface area is 154 Å². The molecule has 1 aliphatic rings. The van der Waals surface area contributed by atoms with Crippen molar-refractivity contribution in [2.24, 2.45) is 0 Å². The van der Waals surface area contributed by atoms with Gasteiger partial charge in [-0.1, -0.05) is 18.2 Å². The van der Waals surface area contributed by atoms with Crippen molar-refractivity contribution in [2.75, 3.05) is 18.6 Å². The van der Waals surface area contributed by atoms with Gasteiger partial charge in [-0.15, -0.1) is 0 Å². The molecule has 0 bridgehead atoms. The summed E-state index contributed by atoms with van der Waals surface area (Å²) in [6.07, 6.45) is 1.70. The Bertz CT molecular complexity index is 903. The highest BCUT2D eigenvalue weighted by Gasteiger charge is 2.20. The first-order chi connectivity index (χ1) is 12.4. The third kappa shape index (κ3) is 4.26. The third-order valence-corrected chi connectivity index (χ3v) is 5.57. The summed E-state index contributed by atoms with van der Waals surface area (Å²) >= 11 is 0. The number of hydrogen-bond acceptors (Lipinski definition) is 5. The molecule has 2 aromatic carbocycles. The fraction of sp³-hybridized carbons (Fsp3) is 0.400. The number of aliphatic hydroxyl groups excluding tert-OH is 1. The molecule has 1 N–H and O–H groups in total. The van der Waals surface area contributed by atoms with Crippen LogP contribution in [0.1, 0.15) is 28.7 Å². The van der Waals surface area contributed by atoms with Crippen LogP contribution in [0, 0.1) is 6.92 Å². The molecular formula is C20H24O5S. The van der Waals surface area contributed by atoms with E-state index in [-0.39, 0.29) is 12.4 Å². The molecule has 0 aliphatic carbocycles. The summed E-state index contributed by atoms with van der Waals surface area (Å²) in [6, 6.07) is 9.86. The van der Waals surface area contributed by atoms with E-state index < -0.39 is 9.84 Å². The normalized spacial score (nSPS) is 13.7. The molecule has 0 fully saturated rings. The van der Waals surface area contributed by atoms with Crippen molar-refractivity contribution in [3.63, 3.8) is 0 Å². The first-order valence-electron chi connectivity index (χ1n) is 8.63. The molecular weight excluding hydrogens is 352 g/mol. The zero-order valence-electron chi connectivity index (χ0n) is 15.1. The van der Waals surface area contributed by atoms with Gasteiger partial charge in [-0.05, 0) is 58.9 Å². The number of benzene rings is 2. The second-order valence-corrected chi connectivity index (χ2v) is 8.96. The number of aliphatic hydroxyl groups is 1. The number of hydrogen-bond donors (Lipinski definition) is 1. The standard InChI is InChI=1S/C20H24O5S/c1-14-9-17(25-7-4-8-26(2,22)23)10-16-12-24-13-19-15(11-21)5-3-6-18(19)20(14)16/h3,5-6,9-10,21H,4,7-8,11-13H2,1-2H3. The number of ether oxygens (including phenoxy) is 2. The number of sulfone groups is 1. The minimum Gasteiger partial charge on any atom is -0.494 e. The van der Waals surface area contributed by atoms with Crippen LogP contribution in [-0.4, -0.2) is 32.1 Å². The molecule has 2 aromatic rings. The van der Waals surface area contributed by atoms with E-state index in [1.807, 2.05) is 31.2 Å². The van der Waals surface area contributed by atoms with E-state index in [0.29, 0.717) is 26.2 Å². The predicted octanol–water partition coefficient (Wildman–Crippen LogP) is 3.00. The Morgan fingerprint density at radius 1 is 1.23 bits per heavy atom. The number of fused-ring (bicyclic) bond motifs is 3. The SMILES string of the molecule is Cc1cc(OCCCS(C)(=O)=O)cc2c1-c1cccc(CO)c1COC2. The van der Waals surface area contributed by atoms with Crippen molar-refractivity contribution >= 4 is 9.84 Å². The number of aryl methyl sites for hydroxylation is 1. The first kappa shape index (κ1) is 18.9. The molecule has 0 spiro atoms. The molecule has 26 heavy (non-hydrogen) atoms. The quantitative estimate of drug-likeness (QED) is 0.785. The zero-order valence-corrected chi connectivity index (χ0v) is 15.9. The molecule has 0 unspecified atom stereocenters. The first-order valence-corrected chi connectivity index (χ1v) is 10.7. The van der Waals surface area contributed by atoms with Crippen LogP contribution < -0.4 is 4.74 Å². The minimum atomic E-state index is -2.97. The maximum atomic E-state index is 11.2. The van der Waals surface area contributed by atoms with E-state index in [1.54, 1.807) is 0 Å². The topological polar surface area (TPSA) is 72.8 Å². The Morgan fingerprint density at radius 2 is 2.04 bits per heavy atom. The van der Waals surface area contributed by atoms with Gasteiger partial charge in [-0.3, -0.25) is 0 Å². The molecule has 0 saturated heterocycles. The molecule has 5 nitrogen and oxygen atoms in total. The van der Waals surface area contributed by atoms with Gasteiger partial charge in [-0.2, -0.15) is 0 Å². The van der Waals surface area contributed by atoms with E-state index in [1.165, 1.54) is 6.26 Å². The van der Waals surface area contributed by atoms with Crippen LogP contribution in [0.2, 0.25) is 0 Å². The second kappa shape index (κ2) is 7.78. The van der Waals surface area contributed by atoms with Crippen LogP contribution in [-0.2, 0) is 34.4 Å². The molecule has 0 atom stereocenters. The molecule has 0 saturated carbocycles. The highest BCUT2D eigenvalue weighted by atomic mass is 32.2. The largest absolute Gasteiger partial charge is 0.494 e. The summed E-state index contributed by atoms with van der Waals surface area (Å²) in [7, 11) is -2.97. The van der Waals surface area contributed by atoms with E-state index >= 15 is 0 Å². The van der Waals surface area contributed by atoms with Gasteiger partial charge in [0.1, 0.15) is 15.6 Å². The van der Waals surface area contributed by atoms with Crippen molar-refractivity contribution in [3.05, 3.63) is 52.6 Å². The second-order valence-electron chi connectivity index (χ2n) is 6.70. The molecule has 0 amide bonds. The van der Waals surface area contributed by atoms with Crippen molar-refractivity contribution in [1.29, 1.82) is 0 Å². The Hall–Kier alpha value is -1.89. The maximum absolute atomic E-state index is 11.2. The van der Waals surface area contributed by atoms with E-state index in [0.717, 1.165) is 39.1 Å². The van der Waals surface area contributed by atoms with Gasteiger partial charge in [0, 0.05) is 6.26 Å². The van der Waals surface area contributed by atoms with Crippen LogP contribution in [0.4, 0.5) is 0 Å². The molecule has 140 valence electrons. The molecule has 1 heterocycles. The lowest BCUT2D eigenvalue weighted by Crippen LogP contribution is -2.08. The average Bonchev–Trinajstić information content (AvgIpc) is 2.77. The van der Waals surface area contributed by atoms with Crippen molar-refractivity contribution in [3.8, 4) is 16.9 Å². The average molecular weight is 376 g/mol. The highest BCUT2D eigenvalue weighted by molar-refractivity contribution is 7.90. The van der Waals surface area contributed by atoms with E-state index in [4.69, 9.17) is 9.47 Å². The van der Waals surface area contributed by atoms with Gasteiger partial charge >= 0.3 is 0 Å². The third-order valence-electron chi connectivity index (χ3n) is 4.54. The maximum Gasteiger partial charge on any atom is 0.147 e. The van der Waals surface area contributed by atoms with E-state index in [9.17, 15) is 13.5 Å². The molecule has 1 aliphatic heterocycles. The summed E-state index contributed by atoms with van der Waals surface area (Å²) in [5.74, 6) is 0.845. The summed E-state index contributed by atoms with van der Waals surface area (Å²) < 4.78 is 34.0. The van der Waals surface area contributed by atoms with Crippen molar-refractivity contribution in [2.45, 2.75) is 33.2 Å².